The van der Waals surface area contributed by atoms with Gasteiger partial charge in [-0.25, -0.2) is 4.79 Å². The maximum absolute atomic E-state index is 13.5. The monoisotopic (exact) mass is 1410 g/mol. The molecule has 0 aromatic heterocycles. The van der Waals surface area contributed by atoms with Crippen LogP contribution >= 0.6 is 0 Å². The minimum atomic E-state index is -2.35. The van der Waals surface area contributed by atoms with E-state index >= 15 is 0 Å². The number of methoxy groups -OCH3 is 1. The zero-order valence-electron chi connectivity index (χ0n) is 51.4. The lowest BCUT2D eigenvalue weighted by molar-refractivity contribution is -0.396. The summed E-state index contributed by atoms with van der Waals surface area (Å²) in [5, 5.41) is 239. The Bertz CT molecular complexity index is 2650. The van der Waals surface area contributed by atoms with Crippen molar-refractivity contribution in [1.82, 2.24) is 10.6 Å². The van der Waals surface area contributed by atoms with Crippen molar-refractivity contribution in [3.05, 3.63) is 29.8 Å². The van der Waals surface area contributed by atoms with Gasteiger partial charge >= 0.3 is 5.97 Å². The van der Waals surface area contributed by atoms with Crippen molar-refractivity contribution in [2.45, 2.75) is 240 Å². The van der Waals surface area contributed by atoms with Crippen LogP contribution in [0.4, 0.5) is 0 Å². The minimum absolute atomic E-state index is 0.166. The smallest absolute Gasteiger partial charge is 0.326 e. The summed E-state index contributed by atoms with van der Waals surface area (Å²) in [5.74, 6) is -2.74. The lowest BCUT2D eigenvalue weighted by atomic mass is 9.95. The summed E-state index contributed by atoms with van der Waals surface area (Å²) >= 11 is 0. The molecule has 0 aliphatic carbocycles. The number of amides is 2. The highest BCUT2D eigenvalue weighted by molar-refractivity contribution is 5.87. The summed E-state index contributed by atoms with van der Waals surface area (Å²) in [6, 6.07) is 4.86. The fraction of sp³-hybridized carbons (Fsp3) is 0.839. The number of carbonyl (C=O) groups excluding carboxylic acids is 2. The van der Waals surface area contributed by atoms with Crippen LogP contribution in [-0.2, 0) is 87.1 Å². The van der Waals surface area contributed by atoms with Crippen molar-refractivity contribution in [2.24, 2.45) is 0 Å². The molecule has 22 rings (SSSR count). The first kappa shape index (κ1) is 77.2. The Morgan fingerprint density at radius 2 is 0.598 bits per heavy atom. The van der Waals surface area contributed by atoms with E-state index in [9.17, 15) is 122 Å². The number of ether oxygens (including phenoxy) is 15. The molecule has 41 nitrogen and oxygen atoms in total. The Kier molecular flexibility index (Phi) is 27.0. The van der Waals surface area contributed by atoms with Gasteiger partial charge in [0.05, 0.1) is 46.8 Å². The molecule has 554 valence electrons. The van der Waals surface area contributed by atoms with Gasteiger partial charge < -0.3 is 189 Å². The number of rotatable bonds is 16. The van der Waals surface area contributed by atoms with Crippen LogP contribution in [0.25, 0.3) is 0 Å². The number of carboxylic acids is 1. The summed E-state index contributed by atoms with van der Waals surface area (Å²) in [7, 11) is 1.43. The molecule has 0 radical (unpaired) electrons. The predicted octanol–water partition coefficient (Wildman–Crippen LogP) is -14.5. The summed E-state index contributed by atoms with van der Waals surface area (Å²) in [6.45, 7) is -7.42. The zero-order valence-corrected chi connectivity index (χ0v) is 51.4. The van der Waals surface area contributed by atoms with Crippen molar-refractivity contribution in [2.75, 3.05) is 53.3 Å². The lowest BCUT2D eigenvalue weighted by Crippen LogP contribution is -2.68. The van der Waals surface area contributed by atoms with Gasteiger partial charge in [0.1, 0.15) is 183 Å². The molecule has 21 aliphatic heterocycles. The Morgan fingerprint density at radius 3 is 0.835 bits per heavy atom. The molecule has 1 aromatic carbocycles. The first-order chi connectivity index (χ1) is 46.2. The molecule has 14 bridgehead atoms. The molecule has 36 atom stereocenters. The molecule has 21 fully saturated rings. The molecule has 21 heterocycles. The normalized spacial score (nSPS) is 46.5. The molecule has 41 heteroatoms. The molecule has 21 saturated heterocycles. The Balaban J connectivity index is 0.981. The van der Waals surface area contributed by atoms with E-state index in [2.05, 4.69) is 10.6 Å². The highest BCUT2D eigenvalue weighted by Gasteiger charge is 2.60. The van der Waals surface area contributed by atoms with E-state index in [1.807, 2.05) is 0 Å². The zero-order chi connectivity index (χ0) is 70.6. The number of hydrogen-bond acceptors (Lipinski definition) is 38. The summed E-state index contributed by atoms with van der Waals surface area (Å²) < 4.78 is 86.0. The molecule has 0 saturated carbocycles. The number of carboxylic acid groups (broad SMARTS) is 1. The van der Waals surface area contributed by atoms with Crippen LogP contribution in [0, 0.1) is 0 Å². The third-order valence-electron chi connectivity index (χ3n) is 17.9. The fourth-order valence-corrected chi connectivity index (χ4v) is 12.4. The van der Waals surface area contributed by atoms with Gasteiger partial charge in [-0.05, 0) is 17.7 Å². The molecule has 97 heavy (non-hydrogen) atoms. The second kappa shape index (κ2) is 33.9. The van der Waals surface area contributed by atoms with Gasteiger partial charge in [-0.3, -0.25) is 9.59 Å². The number of carbonyl (C=O) groups is 3. The van der Waals surface area contributed by atoms with Crippen molar-refractivity contribution in [3.8, 4) is 5.75 Å². The first-order valence-corrected chi connectivity index (χ1v) is 31.0. The Hall–Kier alpha value is -3.93. The average Bonchev–Trinajstić information content (AvgIpc) is 0.791. The van der Waals surface area contributed by atoms with E-state index in [-0.39, 0.29) is 6.42 Å². The van der Waals surface area contributed by atoms with E-state index in [4.69, 9.17) is 71.1 Å². The number of hydrogen-bond donors (Lipinski definition) is 23. The van der Waals surface area contributed by atoms with E-state index in [0.717, 1.165) is 0 Å². The largest absolute Gasteiger partial charge is 0.497 e. The van der Waals surface area contributed by atoms with Crippen LogP contribution < -0.4 is 15.4 Å². The fourth-order valence-electron chi connectivity index (χ4n) is 12.4. The van der Waals surface area contributed by atoms with E-state index in [1.54, 1.807) is 24.3 Å². The minimum Gasteiger partial charge on any atom is -0.497 e. The van der Waals surface area contributed by atoms with Crippen LogP contribution in [0.1, 0.15) is 18.4 Å². The SMILES string of the molecule is COc1ccc(C[C@H](NC(=O)CCC(=O)NC[C@H]2O[C@@H]3O[C@H]4[C@H](O)[C@@H](O)[C@@H](O[C@H]5[C@H](O)[C@@H](O)[C@@H](O[C@H]6[C@H](O)[C@@H](O)[C@@H](O[C@H]7[C@H](O)[C@@H](O)[C@@H](O[C@H]8[C@H](O)[C@@H](O)[C@@H](O[C@H]9[C@H](O)[C@@H](O)[C@@H](O[C@H]2[C@H](O)[C@H]3O)O[C@@H]9CO)O[C@@H]8CO)O[C@@H]7CO)O[C@@H]6CO)O[C@@H]5CO)O[C@@H]4CO)C(=O)O)cc1. The van der Waals surface area contributed by atoms with Gasteiger partial charge in [-0.15, -0.1) is 0 Å². The Morgan fingerprint density at radius 1 is 0.361 bits per heavy atom. The highest BCUT2D eigenvalue weighted by atomic mass is 16.8. The van der Waals surface area contributed by atoms with Gasteiger partial charge in [-0.2, -0.15) is 0 Å². The number of aliphatic carboxylic acids is 1. The predicted molar refractivity (Wildman–Crippen MR) is 300 cm³/mol. The molecule has 0 spiro atoms. The van der Waals surface area contributed by atoms with Crippen molar-refractivity contribution in [1.29, 1.82) is 0 Å². The van der Waals surface area contributed by atoms with Crippen molar-refractivity contribution >= 4 is 17.8 Å². The maximum Gasteiger partial charge on any atom is 0.326 e. The second-order valence-corrected chi connectivity index (χ2v) is 24.3. The van der Waals surface area contributed by atoms with Gasteiger partial charge in [0.15, 0.2) is 44.0 Å². The highest BCUT2D eigenvalue weighted by Crippen LogP contribution is 2.39. The molecule has 21 aliphatic rings. The quantitative estimate of drug-likeness (QED) is 0.0731. The lowest BCUT2D eigenvalue weighted by Gasteiger charge is -2.50. The average molecular weight is 1410 g/mol. The summed E-state index contributed by atoms with van der Waals surface area (Å²) in [4.78, 5) is 38.7. The summed E-state index contributed by atoms with van der Waals surface area (Å²) in [5.41, 5.74) is 0.511. The molecule has 2 amide bonds. The number of aliphatic hydroxyl groups excluding tert-OH is 20. The van der Waals surface area contributed by atoms with Gasteiger partial charge in [0, 0.05) is 25.8 Å². The van der Waals surface area contributed by atoms with Gasteiger partial charge in [0.2, 0.25) is 11.8 Å². The second-order valence-electron chi connectivity index (χ2n) is 24.3. The number of nitrogens with one attached hydrogen (secondary N) is 2. The topological polar surface area (TPSA) is 639 Å². The maximum atomic E-state index is 13.5. The Labute approximate surface area is 549 Å². The van der Waals surface area contributed by atoms with E-state index < -0.39 is 298 Å². The number of aliphatic hydroxyl groups is 20. The third-order valence-corrected chi connectivity index (χ3v) is 17.9. The summed E-state index contributed by atoms with van der Waals surface area (Å²) in [6.07, 6.45) is -74.6. The molecule has 1 aromatic rings. The van der Waals surface area contributed by atoms with Crippen LogP contribution in [-0.4, -0.2) is 399 Å². The van der Waals surface area contributed by atoms with E-state index in [0.29, 0.717) is 11.3 Å². The third kappa shape index (κ3) is 16.9. The number of benzene rings is 1. The molecular weight excluding hydrogens is 1320 g/mol. The molecule has 0 unspecified atom stereocenters. The molecule has 23 N–H and O–H groups in total. The van der Waals surface area contributed by atoms with Crippen LogP contribution in [0.15, 0.2) is 24.3 Å². The standard InChI is InChI=1S/C56H86N2O39/c1-83-17-4-2-16(3-5-17)8-18(49(81)82)58-27(66)7-6-26(65)57-9-19-42-28(67)35(74)50(84-19)92-43-20(10-59)86-52(37(76)30(43)69)94-45-22(12-61)88-54(39(78)32(45)71)96-47-24(14-63)90-56(41(80)34(47)73)97-48-25(15-64)89-55(40(79)33(48)72)95-46-23(13-62)87-53(38(77)31(46)70)93-44-21(11-60)85-51(91-42)36(75)29(44)68/h2-5,18-25,28-48,50-56,59-64,67-80H,6-15H2,1H3,(H,57,65)(H,58,66)(H,81,82)/t18-,19+,20+,21+,22+,23+,24+,25+,28+,29+,30+,31+,32+,33+,34+,35+,36+,37+,38+,39+,40+,41+,42+,43+,44+,45+,46+,47+,48+,50+,51+,52+,53+,54+,55+,56+/m0/s1. The van der Waals surface area contributed by atoms with E-state index in [1.165, 1.54) is 7.11 Å². The molecular formula is C56H86N2O39. The van der Waals surface area contributed by atoms with Crippen molar-refractivity contribution in [3.63, 3.8) is 0 Å². The van der Waals surface area contributed by atoms with Gasteiger partial charge in [0.25, 0.3) is 0 Å². The van der Waals surface area contributed by atoms with Crippen molar-refractivity contribution < 1.29 is 193 Å². The van der Waals surface area contributed by atoms with Crippen LogP contribution in [0.3, 0.4) is 0 Å². The van der Waals surface area contributed by atoms with Crippen LogP contribution in [0.2, 0.25) is 0 Å². The van der Waals surface area contributed by atoms with Crippen LogP contribution in [0.5, 0.6) is 5.75 Å². The first-order valence-electron chi connectivity index (χ1n) is 31.0. The van der Waals surface area contributed by atoms with Gasteiger partial charge in [-0.1, -0.05) is 12.1 Å².